The van der Waals surface area contributed by atoms with Gasteiger partial charge < -0.3 is 8.41 Å². The van der Waals surface area contributed by atoms with Crippen molar-refractivity contribution in [2.75, 3.05) is 20.6 Å². The molecule has 0 amide bonds. The molecular formula is C17H30BN. The highest BCUT2D eigenvalue weighted by Gasteiger charge is 2.17. The minimum Gasteiger partial charge on any atom is -1.00 e. The molecule has 0 heterocycles. The van der Waals surface area contributed by atoms with E-state index in [0.717, 1.165) is 4.48 Å². The first kappa shape index (κ1) is 18.2. The smallest absolute Gasteiger partial charge is 0.132 e. The molecule has 0 spiro atoms. The van der Waals surface area contributed by atoms with Gasteiger partial charge in [0.2, 0.25) is 0 Å². The Labute approximate surface area is 122 Å². The van der Waals surface area contributed by atoms with Crippen LogP contribution in [0.2, 0.25) is 0 Å². The van der Waals surface area contributed by atoms with Crippen molar-refractivity contribution < 1.29 is 0 Å². The monoisotopic (exact) mass is 259 g/mol. The van der Waals surface area contributed by atoms with E-state index in [1.807, 2.05) is 0 Å². The van der Waals surface area contributed by atoms with E-state index in [2.05, 4.69) is 51.4 Å². The largest absolute Gasteiger partial charge is 1.00 e. The quantitative estimate of drug-likeness (QED) is 0.345. The maximum atomic E-state index is 2.31. The van der Waals surface area contributed by atoms with E-state index in [1.54, 1.807) is 0 Å². The Bertz CT molecular complexity index is 308. The van der Waals surface area contributed by atoms with E-state index in [9.17, 15) is 0 Å². The lowest BCUT2D eigenvalue weighted by atomic mass is 10.1. The number of rotatable bonds is 9. The van der Waals surface area contributed by atoms with Gasteiger partial charge in [-0.2, -0.15) is 0 Å². The molecule has 0 aliphatic rings. The van der Waals surface area contributed by atoms with Crippen molar-refractivity contribution in [1.29, 1.82) is 0 Å². The van der Waals surface area contributed by atoms with Crippen LogP contribution in [0.25, 0.3) is 0 Å². The van der Waals surface area contributed by atoms with E-state index in [0.29, 0.717) is 0 Å². The molecule has 2 heteroatoms. The summed E-state index contributed by atoms with van der Waals surface area (Å²) in [6.07, 6.45) is 9.74. The van der Waals surface area contributed by atoms with Crippen LogP contribution in [-0.4, -0.2) is 29.1 Å². The molecule has 1 nitrogen and oxygen atoms in total. The van der Waals surface area contributed by atoms with Crippen molar-refractivity contribution in [3.8, 4) is 0 Å². The average molecular weight is 259 g/mol. The minimum atomic E-state index is 0. The predicted molar refractivity (Wildman–Crippen MR) is 88.7 cm³/mol. The summed E-state index contributed by atoms with van der Waals surface area (Å²) in [6.45, 7) is 3.53. The van der Waals surface area contributed by atoms with E-state index >= 15 is 0 Å². The predicted octanol–water partition coefficient (Wildman–Crippen LogP) is 4.62. The third-order valence-corrected chi connectivity index (χ3v) is 3.78. The molecule has 0 aromatic heterocycles. The zero-order valence-corrected chi connectivity index (χ0v) is 13.1. The summed E-state index contributed by atoms with van der Waals surface area (Å²) in [7, 11) is 4.62. The van der Waals surface area contributed by atoms with Crippen molar-refractivity contribution in [3.05, 3.63) is 30.3 Å². The van der Waals surface area contributed by atoms with Crippen molar-refractivity contribution >= 4 is 14.1 Å². The Balaban J connectivity index is 0.00000324. The molecule has 0 fully saturated rings. The number of hydrogen-bond acceptors (Lipinski definition) is 0. The summed E-state index contributed by atoms with van der Waals surface area (Å²) in [5.41, 5.74) is 1.42. The minimum absolute atomic E-state index is 0. The van der Waals surface area contributed by atoms with Gasteiger partial charge in [0.15, 0.2) is 0 Å². The highest BCUT2D eigenvalue weighted by Crippen LogP contribution is 2.19. The topological polar surface area (TPSA) is 0 Å². The van der Waals surface area contributed by atoms with Crippen LogP contribution >= 0.6 is 0 Å². The van der Waals surface area contributed by atoms with Crippen molar-refractivity contribution in [1.82, 2.24) is 4.48 Å². The maximum absolute atomic E-state index is 2.31. The van der Waals surface area contributed by atoms with Gasteiger partial charge in [0.1, 0.15) is 5.69 Å². The summed E-state index contributed by atoms with van der Waals surface area (Å²) < 4.78 is 1.01. The van der Waals surface area contributed by atoms with Crippen LogP contribution in [-0.2, 0) is 0 Å². The lowest BCUT2D eigenvalue weighted by molar-refractivity contribution is 0.381. The van der Waals surface area contributed by atoms with Crippen molar-refractivity contribution in [2.45, 2.75) is 51.9 Å². The van der Waals surface area contributed by atoms with Crippen LogP contribution in [0.3, 0.4) is 0 Å². The normalized spacial score (nSPS) is 11.1. The first-order chi connectivity index (χ1) is 8.67. The molecule has 1 rings (SSSR count). The second-order valence-electron chi connectivity index (χ2n) is 5.87. The summed E-state index contributed by atoms with van der Waals surface area (Å²) in [4.78, 5) is 0. The highest BCUT2D eigenvalue weighted by atomic mass is 15.3. The van der Waals surface area contributed by atoms with Gasteiger partial charge in [-0.05, 0) is 25.0 Å². The first-order valence-electron chi connectivity index (χ1n) is 7.55. The molecule has 0 aliphatic heterocycles. The van der Waals surface area contributed by atoms with Gasteiger partial charge in [-0.3, -0.25) is 4.48 Å². The van der Waals surface area contributed by atoms with Gasteiger partial charge in [0.25, 0.3) is 0 Å². The average Bonchev–Trinajstić information content (AvgIpc) is 2.39. The van der Waals surface area contributed by atoms with Crippen LogP contribution in [0.1, 0.15) is 51.9 Å². The SMILES string of the molecule is CCCCCCCCC[N+](C)(C)c1ccccc1.[B-]. The first-order valence-corrected chi connectivity index (χ1v) is 7.55. The fourth-order valence-corrected chi connectivity index (χ4v) is 2.42. The van der Waals surface area contributed by atoms with Crippen LogP contribution < -0.4 is 4.48 Å². The maximum Gasteiger partial charge on any atom is 0.132 e. The number of quaternary nitrogens is 1. The molecule has 0 unspecified atom stereocenters. The summed E-state index contributed by atoms with van der Waals surface area (Å²) in [5.74, 6) is 0. The Morgan fingerprint density at radius 2 is 1.32 bits per heavy atom. The molecule has 19 heavy (non-hydrogen) atoms. The van der Waals surface area contributed by atoms with Gasteiger partial charge in [-0.1, -0.05) is 57.2 Å². The Kier molecular flexibility index (Phi) is 9.68. The lowest BCUT2D eigenvalue weighted by Crippen LogP contribution is -2.41. The number of hydrogen-bond donors (Lipinski definition) is 0. The zero-order chi connectivity index (χ0) is 13.3. The molecule has 0 N–H and O–H groups in total. The van der Waals surface area contributed by atoms with Gasteiger partial charge in [-0.25, -0.2) is 0 Å². The number of benzene rings is 1. The second kappa shape index (κ2) is 10.1. The molecule has 1 aromatic carbocycles. The molecule has 1 aromatic rings. The van der Waals surface area contributed by atoms with E-state index in [1.165, 1.54) is 57.2 Å². The molecule has 0 aliphatic carbocycles. The number of para-hydroxylation sites is 1. The zero-order valence-electron chi connectivity index (χ0n) is 13.1. The molecular weight excluding hydrogens is 229 g/mol. The van der Waals surface area contributed by atoms with Crippen molar-refractivity contribution in [2.24, 2.45) is 0 Å². The van der Waals surface area contributed by atoms with Crippen LogP contribution in [0.5, 0.6) is 0 Å². The van der Waals surface area contributed by atoms with Gasteiger partial charge in [0.05, 0.1) is 20.6 Å². The molecule has 106 valence electrons. The van der Waals surface area contributed by atoms with Crippen molar-refractivity contribution in [3.63, 3.8) is 0 Å². The van der Waals surface area contributed by atoms with Gasteiger partial charge in [-0.15, -0.1) is 0 Å². The summed E-state index contributed by atoms with van der Waals surface area (Å²) in [5, 5.41) is 0. The number of nitrogens with zero attached hydrogens (tertiary/aromatic N) is 1. The number of unbranched alkanes of at least 4 members (excludes halogenated alkanes) is 6. The van der Waals surface area contributed by atoms with E-state index in [-0.39, 0.29) is 8.41 Å². The third-order valence-electron chi connectivity index (χ3n) is 3.78. The Hall–Kier alpha value is -0.755. The van der Waals surface area contributed by atoms with Gasteiger partial charge >= 0.3 is 0 Å². The summed E-state index contributed by atoms with van der Waals surface area (Å²) >= 11 is 0. The Morgan fingerprint density at radius 1 is 0.789 bits per heavy atom. The third kappa shape index (κ3) is 7.42. The van der Waals surface area contributed by atoms with Crippen LogP contribution in [0.4, 0.5) is 5.69 Å². The Morgan fingerprint density at radius 3 is 1.89 bits per heavy atom. The van der Waals surface area contributed by atoms with Gasteiger partial charge in [0, 0.05) is 0 Å². The summed E-state index contributed by atoms with van der Waals surface area (Å²) in [6, 6.07) is 10.8. The molecule has 0 saturated heterocycles. The molecule has 0 atom stereocenters. The molecule has 0 saturated carbocycles. The fourth-order valence-electron chi connectivity index (χ4n) is 2.42. The highest BCUT2D eigenvalue weighted by molar-refractivity contribution is 5.75. The van der Waals surface area contributed by atoms with E-state index in [4.69, 9.17) is 0 Å². The standard InChI is InChI=1S/C17H30N.B/c1-4-5-6-7-8-9-13-16-18(2,3)17-14-11-10-12-15-17;/h10-12,14-15H,4-9,13,16H2,1-3H3;/q+1;-1. The second-order valence-corrected chi connectivity index (χ2v) is 5.87. The van der Waals surface area contributed by atoms with E-state index < -0.39 is 0 Å². The van der Waals surface area contributed by atoms with Crippen LogP contribution in [0.15, 0.2) is 30.3 Å². The molecule has 4 radical (unpaired) electrons. The molecule has 0 bridgehead atoms. The lowest BCUT2D eigenvalue weighted by Gasteiger charge is -2.29. The fraction of sp³-hybridized carbons (Fsp3) is 0.647. The van der Waals surface area contributed by atoms with Crippen LogP contribution in [0, 0.1) is 0 Å².